The van der Waals surface area contributed by atoms with Gasteiger partial charge in [-0.1, -0.05) is 31.6 Å². The molecule has 19 heteroatoms. The highest BCUT2D eigenvalue weighted by atomic mass is 16.8. The molecule has 25 unspecified atom stereocenters. The maximum atomic E-state index is 13.4. The number of esters is 1. The molecule has 0 aromatic carbocycles. The van der Waals surface area contributed by atoms with E-state index in [2.05, 4.69) is 13.0 Å². The van der Waals surface area contributed by atoms with E-state index < -0.39 is 144 Å². The standard InChI is InChI=1S/C54H86O19/c1-14-26(2)49(58)70-39-25-38-51(8)18-16-33(21-32(51)15-19-53(38,59)54(60)20-17-34(27(3)55)52(39,54)9)69-40-22-35(61-10)45(29(5)65-40)71-41-23-36(62-11)46(30(6)66-41)72-42-24-37(63-12)47(31(7)67-42)73-50-44(57)48(64-13)43(56)28(4)68-50/h14-15,28-31,33-48,50,56-57,59-60H,16-25H2,1-13H3. The molecule has 0 amide bonds. The number of aliphatic hydroxyl groups is 4. The zero-order valence-electron chi connectivity index (χ0n) is 45.3. The Labute approximate surface area is 431 Å². The molecule has 0 bridgehead atoms. The molecule has 4 saturated heterocycles. The van der Waals surface area contributed by atoms with Crippen LogP contribution in [0.15, 0.2) is 23.3 Å². The third-order valence-electron chi connectivity index (χ3n) is 19.0. The van der Waals surface area contributed by atoms with Gasteiger partial charge in [-0.15, -0.1) is 0 Å². The summed E-state index contributed by atoms with van der Waals surface area (Å²) < 4.78 is 81.0. The molecule has 0 aromatic rings. The molecule has 8 rings (SSSR count). The van der Waals surface area contributed by atoms with Crippen LogP contribution in [0.25, 0.3) is 0 Å². The normalized spacial score (nSPS) is 50.3. The van der Waals surface area contributed by atoms with Crippen molar-refractivity contribution in [2.45, 2.75) is 254 Å². The second-order valence-electron chi connectivity index (χ2n) is 22.8. The Morgan fingerprint density at radius 3 is 1.71 bits per heavy atom. The maximum absolute atomic E-state index is 13.4. The third-order valence-corrected chi connectivity index (χ3v) is 19.0. The van der Waals surface area contributed by atoms with Gasteiger partial charge in [-0.3, -0.25) is 4.79 Å². The van der Waals surface area contributed by atoms with Gasteiger partial charge in [0.1, 0.15) is 59.7 Å². The molecule has 4 aliphatic heterocycles. The van der Waals surface area contributed by atoms with E-state index in [1.165, 1.54) is 14.0 Å². The van der Waals surface area contributed by atoms with Crippen LogP contribution in [0.2, 0.25) is 0 Å². The Morgan fingerprint density at radius 1 is 0.671 bits per heavy atom. The number of hydrogen-bond donors (Lipinski definition) is 4. The first kappa shape index (κ1) is 57.2. The van der Waals surface area contributed by atoms with Crippen molar-refractivity contribution in [3.8, 4) is 0 Å². The number of hydrogen-bond acceptors (Lipinski definition) is 19. The predicted octanol–water partition coefficient (Wildman–Crippen LogP) is 4.34. The van der Waals surface area contributed by atoms with Gasteiger partial charge in [0, 0.05) is 70.5 Å². The Kier molecular flexibility index (Phi) is 17.5. The lowest BCUT2D eigenvalue weighted by Crippen LogP contribution is -2.75. The van der Waals surface area contributed by atoms with Gasteiger partial charge < -0.3 is 82.0 Å². The van der Waals surface area contributed by atoms with Crippen LogP contribution in [0.5, 0.6) is 0 Å². The quantitative estimate of drug-likeness (QED) is 0.101. The first-order chi connectivity index (χ1) is 34.5. The summed E-state index contributed by atoms with van der Waals surface area (Å²) in [6, 6.07) is 0. The van der Waals surface area contributed by atoms with Gasteiger partial charge in [-0.05, 0) is 98.8 Å². The number of Topliss-reactive ketones (excluding diaryl/α,β-unsaturated/α-hetero) is 1. The van der Waals surface area contributed by atoms with E-state index >= 15 is 0 Å². The summed E-state index contributed by atoms with van der Waals surface area (Å²) in [5.41, 5.74) is -3.32. The summed E-state index contributed by atoms with van der Waals surface area (Å²) in [7, 11) is 6.27. The molecule has 25 atom stereocenters. The van der Waals surface area contributed by atoms with Crippen LogP contribution in [-0.4, -0.2) is 189 Å². The van der Waals surface area contributed by atoms with Gasteiger partial charge in [-0.25, -0.2) is 4.79 Å². The van der Waals surface area contributed by atoms with Crippen LogP contribution in [-0.2, 0) is 71.2 Å². The summed E-state index contributed by atoms with van der Waals surface area (Å²) in [4.78, 5) is 26.5. The number of ether oxygens (including phenoxy) is 13. The van der Waals surface area contributed by atoms with Crippen molar-refractivity contribution >= 4 is 11.8 Å². The molecule has 0 spiro atoms. The second-order valence-corrected chi connectivity index (χ2v) is 22.8. The van der Waals surface area contributed by atoms with Crippen molar-refractivity contribution in [3.05, 3.63) is 23.3 Å². The number of aliphatic hydroxyl groups excluding tert-OH is 2. The van der Waals surface area contributed by atoms with Gasteiger partial charge in [-0.2, -0.15) is 0 Å². The lowest BCUT2D eigenvalue weighted by atomic mass is 9.43. The summed E-state index contributed by atoms with van der Waals surface area (Å²) >= 11 is 0. The summed E-state index contributed by atoms with van der Waals surface area (Å²) in [5.74, 6) is -1.57. The lowest BCUT2D eigenvalue weighted by molar-refractivity contribution is -0.355. The molecule has 0 aromatic heterocycles. The Hall–Kier alpha value is -2.02. The molecule has 416 valence electrons. The number of allylic oxidation sites excluding steroid dienone is 1. The number of rotatable bonds is 15. The fourth-order valence-electron chi connectivity index (χ4n) is 14.5. The molecule has 4 N–H and O–H groups in total. The van der Waals surface area contributed by atoms with Crippen molar-refractivity contribution in [2.75, 3.05) is 28.4 Å². The van der Waals surface area contributed by atoms with Crippen molar-refractivity contribution in [2.24, 2.45) is 22.7 Å². The van der Waals surface area contributed by atoms with E-state index in [1.54, 1.807) is 48.2 Å². The Morgan fingerprint density at radius 2 is 1.21 bits per heavy atom. The largest absolute Gasteiger partial charge is 0.458 e. The van der Waals surface area contributed by atoms with Gasteiger partial charge in [0.25, 0.3) is 0 Å². The average molecular weight is 1040 g/mol. The van der Waals surface area contributed by atoms with Crippen molar-refractivity contribution in [1.82, 2.24) is 0 Å². The van der Waals surface area contributed by atoms with E-state index in [0.29, 0.717) is 56.9 Å². The van der Waals surface area contributed by atoms with Crippen LogP contribution in [0.4, 0.5) is 0 Å². The van der Waals surface area contributed by atoms with Crippen molar-refractivity contribution < 1.29 is 91.6 Å². The van der Waals surface area contributed by atoms with Crippen molar-refractivity contribution in [3.63, 3.8) is 0 Å². The molecule has 0 radical (unpaired) electrons. The average Bonchev–Trinajstić information content (AvgIpc) is 3.65. The Bertz CT molecular complexity index is 2000. The molecule has 4 heterocycles. The van der Waals surface area contributed by atoms with Crippen LogP contribution < -0.4 is 0 Å². The fraction of sp³-hybridized carbons (Fsp3) is 0.889. The second kappa shape index (κ2) is 22.4. The minimum absolute atomic E-state index is 0.0797. The lowest BCUT2D eigenvalue weighted by Gasteiger charge is -2.66. The predicted molar refractivity (Wildman–Crippen MR) is 259 cm³/mol. The summed E-state index contributed by atoms with van der Waals surface area (Å²) in [5, 5.41) is 47.1. The summed E-state index contributed by atoms with van der Waals surface area (Å²) in [6.07, 6.45) is -4.23. The molecule has 19 nitrogen and oxygen atoms in total. The highest BCUT2D eigenvalue weighted by molar-refractivity contribution is 5.88. The zero-order valence-corrected chi connectivity index (χ0v) is 45.3. The minimum Gasteiger partial charge on any atom is -0.458 e. The number of ketones is 1. The van der Waals surface area contributed by atoms with E-state index in [4.69, 9.17) is 61.6 Å². The van der Waals surface area contributed by atoms with E-state index in [9.17, 15) is 30.0 Å². The SMILES string of the molecule is CC=C(C)C(=O)OC1CC2C3(C)CCC(OC4CC(OC)C(OC5CC(OC)C(OC6CC(OC)C(OC7OC(C)C(O)C(OC)C7O)C(C)O6)C(C)O5)C(C)O4)CC3=CCC2(O)C2(O)CCC(C(C)=O)C12C. The van der Waals surface area contributed by atoms with E-state index in [0.717, 1.165) is 5.57 Å². The van der Waals surface area contributed by atoms with Crippen LogP contribution in [0.1, 0.15) is 127 Å². The number of methoxy groups -OCH3 is 4. The minimum atomic E-state index is -1.66. The maximum Gasteiger partial charge on any atom is 0.333 e. The fourth-order valence-corrected chi connectivity index (χ4v) is 14.5. The monoisotopic (exact) mass is 1040 g/mol. The molecule has 3 saturated carbocycles. The Balaban J connectivity index is 0.867. The summed E-state index contributed by atoms with van der Waals surface area (Å²) in [6.45, 7) is 16.4. The van der Waals surface area contributed by atoms with Gasteiger partial charge in [0.05, 0.1) is 48.8 Å². The molecular weight excluding hydrogens is 953 g/mol. The number of carbonyl (C=O) groups is 2. The van der Waals surface area contributed by atoms with Gasteiger partial charge >= 0.3 is 5.97 Å². The number of fused-ring (bicyclic) bond motifs is 5. The molecule has 73 heavy (non-hydrogen) atoms. The van der Waals surface area contributed by atoms with Gasteiger partial charge in [0.2, 0.25) is 0 Å². The first-order valence-electron chi connectivity index (χ1n) is 26.7. The zero-order chi connectivity index (χ0) is 53.1. The van der Waals surface area contributed by atoms with Gasteiger partial charge in [0.15, 0.2) is 25.2 Å². The van der Waals surface area contributed by atoms with Crippen LogP contribution in [0.3, 0.4) is 0 Å². The first-order valence-corrected chi connectivity index (χ1v) is 26.7. The molecular formula is C54H86O19. The number of carbonyl (C=O) groups excluding carboxylic acids is 2. The molecule has 7 fully saturated rings. The van der Waals surface area contributed by atoms with E-state index in [1.807, 2.05) is 27.7 Å². The molecule has 8 aliphatic rings. The smallest absolute Gasteiger partial charge is 0.333 e. The van der Waals surface area contributed by atoms with Crippen LogP contribution >= 0.6 is 0 Å². The highest BCUT2D eigenvalue weighted by Crippen LogP contribution is 2.70. The van der Waals surface area contributed by atoms with Crippen molar-refractivity contribution in [1.29, 1.82) is 0 Å². The topological polar surface area (TPSA) is 235 Å². The molecule has 4 aliphatic carbocycles. The van der Waals surface area contributed by atoms with E-state index in [-0.39, 0.29) is 30.8 Å². The highest BCUT2D eigenvalue weighted by Gasteiger charge is 2.77. The third kappa shape index (κ3) is 10.2. The van der Waals surface area contributed by atoms with Crippen LogP contribution in [0, 0.1) is 22.7 Å².